The van der Waals surface area contributed by atoms with E-state index in [2.05, 4.69) is 10.3 Å². The van der Waals surface area contributed by atoms with Crippen molar-refractivity contribution in [3.63, 3.8) is 0 Å². The van der Waals surface area contributed by atoms with Gasteiger partial charge in [0.1, 0.15) is 5.54 Å². The summed E-state index contributed by atoms with van der Waals surface area (Å²) in [7, 11) is 0. The molecule has 2 fully saturated rings. The highest BCUT2D eigenvalue weighted by atomic mass is 35.5. The standard InChI is InChI=1S/C16H14ClN3O2S/c17-12-4-3-10(13-11(12)2-1-6-18-13)8-20-14(21)16(19-15(20)22)5-7-23-9-16/h1-4,6H,5,7-9H2,(H,19,22). The fourth-order valence-electron chi connectivity index (χ4n) is 3.15. The number of halogens is 1. The van der Waals surface area contributed by atoms with Crippen molar-refractivity contribution in [2.45, 2.75) is 18.5 Å². The van der Waals surface area contributed by atoms with Crippen molar-refractivity contribution in [3.05, 3.63) is 41.0 Å². The monoisotopic (exact) mass is 347 g/mol. The van der Waals surface area contributed by atoms with Crippen LogP contribution in [0.1, 0.15) is 12.0 Å². The number of fused-ring (bicyclic) bond motifs is 1. The first-order valence-electron chi connectivity index (χ1n) is 7.35. The van der Waals surface area contributed by atoms with Gasteiger partial charge >= 0.3 is 6.03 Å². The molecule has 1 unspecified atom stereocenters. The van der Waals surface area contributed by atoms with Gasteiger partial charge in [-0.05, 0) is 35.9 Å². The van der Waals surface area contributed by atoms with Gasteiger partial charge in [-0.2, -0.15) is 11.8 Å². The van der Waals surface area contributed by atoms with Gasteiger partial charge < -0.3 is 5.32 Å². The van der Waals surface area contributed by atoms with Gasteiger partial charge in [0.25, 0.3) is 5.91 Å². The number of rotatable bonds is 2. The van der Waals surface area contributed by atoms with Crippen LogP contribution in [0.15, 0.2) is 30.5 Å². The Labute approximate surface area is 142 Å². The van der Waals surface area contributed by atoms with Gasteiger partial charge in [-0.25, -0.2) is 4.79 Å². The van der Waals surface area contributed by atoms with Crippen molar-refractivity contribution in [1.29, 1.82) is 0 Å². The summed E-state index contributed by atoms with van der Waals surface area (Å²) in [6.07, 6.45) is 2.38. The number of imide groups is 1. The lowest BCUT2D eigenvalue weighted by Crippen LogP contribution is -2.46. The fourth-order valence-corrected chi connectivity index (χ4v) is 4.69. The van der Waals surface area contributed by atoms with Crippen LogP contribution in [0.5, 0.6) is 0 Å². The Morgan fingerprint density at radius 1 is 1.35 bits per heavy atom. The van der Waals surface area contributed by atoms with Crippen LogP contribution in [0.3, 0.4) is 0 Å². The molecule has 1 N–H and O–H groups in total. The zero-order valence-electron chi connectivity index (χ0n) is 12.2. The normalized spacial score (nSPS) is 24.0. The number of carbonyl (C=O) groups is 2. The summed E-state index contributed by atoms with van der Waals surface area (Å²) in [4.78, 5) is 30.7. The first kappa shape index (κ1) is 14.8. The molecule has 1 atom stereocenters. The van der Waals surface area contributed by atoms with Crippen LogP contribution in [0.2, 0.25) is 5.02 Å². The Hall–Kier alpha value is -1.79. The summed E-state index contributed by atoms with van der Waals surface area (Å²) in [6.45, 7) is 0.210. The van der Waals surface area contributed by atoms with Gasteiger partial charge in [0.2, 0.25) is 0 Å². The number of carbonyl (C=O) groups excluding carboxylic acids is 2. The third kappa shape index (κ3) is 2.28. The number of pyridine rings is 1. The quantitative estimate of drug-likeness (QED) is 0.848. The Bertz CT molecular complexity index is 820. The number of hydrogen-bond acceptors (Lipinski definition) is 4. The highest BCUT2D eigenvalue weighted by Gasteiger charge is 2.52. The average molecular weight is 348 g/mol. The molecule has 118 valence electrons. The van der Waals surface area contributed by atoms with Gasteiger partial charge in [0, 0.05) is 22.4 Å². The molecule has 0 saturated carbocycles. The lowest BCUT2D eigenvalue weighted by atomic mass is 9.99. The van der Waals surface area contributed by atoms with Crippen molar-refractivity contribution < 1.29 is 9.59 Å². The lowest BCUT2D eigenvalue weighted by Gasteiger charge is -2.19. The molecule has 2 aliphatic heterocycles. The first-order valence-corrected chi connectivity index (χ1v) is 8.88. The van der Waals surface area contributed by atoms with Crippen LogP contribution in [-0.2, 0) is 11.3 Å². The number of urea groups is 1. The minimum atomic E-state index is -0.711. The van der Waals surface area contributed by atoms with Crippen LogP contribution >= 0.6 is 23.4 Å². The number of nitrogens with one attached hydrogen (secondary N) is 1. The maximum atomic E-state index is 12.7. The second kappa shape index (κ2) is 5.39. The second-order valence-corrected chi connectivity index (χ2v) is 7.32. The van der Waals surface area contributed by atoms with E-state index in [1.54, 1.807) is 24.0 Å². The van der Waals surface area contributed by atoms with Crippen LogP contribution in [0.4, 0.5) is 4.79 Å². The molecular formula is C16H14ClN3O2S. The van der Waals surface area contributed by atoms with Gasteiger partial charge in [-0.1, -0.05) is 17.7 Å². The topological polar surface area (TPSA) is 62.3 Å². The molecule has 3 amide bonds. The molecule has 1 aromatic heterocycles. The lowest BCUT2D eigenvalue weighted by molar-refractivity contribution is -0.130. The molecule has 4 rings (SSSR count). The summed E-state index contributed by atoms with van der Waals surface area (Å²) in [5, 5.41) is 4.31. The number of nitrogens with zero attached hydrogens (tertiary/aromatic N) is 2. The maximum absolute atomic E-state index is 12.7. The van der Waals surface area contributed by atoms with Gasteiger partial charge in [-0.15, -0.1) is 0 Å². The van der Waals surface area contributed by atoms with Crippen LogP contribution in [0.25, 0.3) is 10.9 Å². The number of amides is 3. The Kier molecular flexibility index (Phi) is 3.46. The van der Waals surface area contributed by atoms with Crippen LogP contribution < -0.4 is 5.32 Å². The van der Waals surface area contributed by atoms with E-state index in [0.29, 0.717) is 17.2 Å². The largest absolute Gasteiger partial charge is 0.325 e. The molecule has 7 heteroatoms. The molecule has 2 aromatic rings. The highest BCUT2D eigenvalue weighted by Crippen LogP contribution is 2.34. The van der Waals surface area contributed by atoms with E-state index in [9.17, 15) is 9.59 Å². The summed E-state index contributed by atoms with van der Waals surface area (Å²) in [6, 6.07) is 6.98. The average Bonchev–Trinajstić information content (AvgIpc) is 3.11. The smallest absolute Gasteiger partial charge is 0.322 e. The van der Waals surface area contributed by atoms with Gasteiger partial charge in [-0.3, -0.25) is 14.7 Å². The van der Waals surface area contributed by atoms with E-state index in [1.807, 2.05) is 18.2 Å². The van der Waals surface area contributed by atoms with Crippen molar-refractivity contribution >= 4 is 46.2 Å². The Balaban J connectivity index is 1.70. The molecule has 2 saturated heterocycles. The summed E-state index contributed by atoms with van der Waals surface area (Å²) >= 11 is 7.90. The van der Waals surface area contributed by atoms with E-state index < -0.39 is 5.54 Å². The first-order chi connectivity index (χ1) is 11.1. The number of aromatic nitrogens is 1. The van der Waals surface area contributed by atoms with Crippen molar-refractivity contribution in [3.8, 4) is 0 Å². The molecule has 5 nitrogen and oxygen atoms in total. The molecule has 2 aliphatic rings. The number of hydrogen-bond donors (Lipinski definition) is 1. The Morgan fingerprint density at radius 3 is 3.00 bits per heavy atom. The SMILES string of the molecule is O=C1NC2(CCSC2)C(=O)N1Cc1ccc(Cl)c2cccnc12. The molecule has 0 radical (unpaired) electrons. The third-order valence-electron chi connectivity index (χ3n) is 4.40. The summed E-state index contributed by atoms with van der Waals surface area (Å²) in [5.41, 5.74) is 0.829. The fraction of sp³-hybridized carbons (Fsp3) is 0.312. The molecule has 23 heavy (non-hydrogen) atoms. The Morgan fingerprint density at radius 2 is 2.22 bits per heavy atom. The van der Waals surface area contributed by atoms with E-state index in [1.165, 1.54) is 4.90 Å². The molecule has 1 aromatic carbocycles. The van der Waals surface area contributed by atoms with E-state index >= 15 is 0 Å². The molecule has 1 spiro atoms. The van der Waals surface area contributed by atoms with E-state index in [-0.39, 0.29) is 18.5 Å². The minimum absolute atomic E-state index is 0.133. The van der Waals surface area contributed by atoms with Crippen LogP contribution in [0, 0.1) is 0 Å². The zero-order valence-corrected chi connectivity index (χ0v) is 13.8. The van der Waals surface area contributed by atoms with E-state index in [4.69, 9.17) is 11.6 Å². The summed E-state index contributed by atoms with van der Waals surface area (Å²) in [5.74, 6) is 1.41. The predicted molar refractivity (Wildman–Crippen MR) is 90.5 cm³/mol. The van der Waals surface area contributed by atoms with Crippen molar-refractivity contribution in [1.82, 2.24) is 15.2 Å². The number of thioether (sulfide) groups is 1. The highest BCUT2D eigenvalue weighted by molar-refractivity contribution is 7.99. The van der Waals surface area contributed by atoms with Gasteiger partial charge in [0.05, 0.1) is 12.1 Å². The van der Waals surface area contributed by atoms with E-state index in [0.717, 1.165) is 22.2 Å². The molecule has 3 heterocycles. The zero-order chi connectivity index (χ0) is 16.0. The predicted octanol–water partition coefficient (Wildman–Crippen LogP) is 2.82. The van der Waals surface area contributed by atoms with Crippen molar-refractivity contribution in [2.24, 2.45) is 0 Å². The molecular weight excluding hydrogens is 334 g/mol. The second-order valence-electron chi connectivity index (χ2n) is 5.81. The summed E-state index contributed by atoms with van der Waals surface area (Å²) < 4.78 is 0. The minimum Gasteiger partial charge on any atom is -0.322 e. The van der Waals surface area contributed by atoms with Crippen molar-refractivity contribution in [2.75, 3.05) is 11.5 Å². The van der Waals surface area contributed by atoms with Crippen LogP contribution in [-0.4, -0.2) is 38.9 Å². The number of benzene rings is 1. The maximum Gasteiger partial charge on any atom is 0.325 e. The van der Waals surface area contributed by atoms with Gasteiger partial charge in [0.15, 0.2) is 0 Å². The molecule has 0 bridgehead atoms. The third-order valence-corrected chi connectivity index (χ3v) is 5.92. The molecule has 0 aliphatic carbocycles.